The van der Waals surface area contributed by atoms with Crippen molar-refractivity contribution in [1.29, 1.82) is 0 Å². The van der Waals surface area contributed by atoms with E-state index in [9.17, 15) is 29.3 Å². The van der Waals surface area contributed by atoms with Crippen molar-refractivity contribution in [3.63, 3.8) is 0 Å². The Bertz CT molecular complexity index is 1310. The van der Waals surface area contributed by atoms with Crippen LogP contribution in [0.15, 0.2) is 46.6 Å². The van der Waals surface area contributed by atoms with Crippen LogP contribution >= 0.6 is 23.1 Å². The molecule has 0 saturated carbocycles. The first kappa shape index (κ1) is 25.8. The van der Waals surface area contributed by atoms with Crippen LogP contribution in [-0.2, 0) is 35.4 Å². The molecule has 2 aromatic rings. The molecule has 3 heterocycles. The summed E-state index contributed by atoms with van der Waals surface area (Å²) in [5.74, 6) is -1.50. The highest BCUT2D eigenvalue weighted by Crippen LogP contribution is 2.36. The number of amides is 3. The van der Waals surface area contributed by atoms with E-state index in [2.05, 4.69) is 20.8 Å². The highest BCUT2D eigenvalue weighted by atomic mass is 32.2. The molecule has 0 aliphatic carbocycles. The minimum absolute atomic E-state index is 0.0719. The molecular weight excluding hydrogens is 528 g/mol. The summed E-state index contributed by atoms with van der Waals surface area (Å²) in [6.45, 7) is -0.0861. The van der Waals surface area contributed by atoms with Gasteiger partial charge in [-0.25, -0.2) is 9.78 Å². The summed E-state index contributed by atoms with van der Waals surface area (Å²) in [5, 5.41) is 20.7. The van der Waals surface area contributed by atoms with Crippen LogP contribution in [-0.4, -0.2) is 69.0 Å². The van der Waals surface area contributed by atoms with E-state index in [1.165, 1.54) is 59.6 Å². The summed E-state index contributed by atoms with van der Waals surface area (Å²) < 4.78 is 5.27. The summed E-state index contributed by atoms with van der Waals surface area (Å²) in [6, 6.07) is 4.75. The molecule has 2 atom stereocenters. The Morgan fingerprint density at radius 1 is 1.35 bits per heavy atom. The molecule has 14 nitrogen and oxygen atoms in total. The second-order valence-electron chi connectivity index (χ2n) is 7.47. The van der Waals surface area contributed by atoms with Crippen molar-refractivity contribution in [2.45, 2.75) is 18.0 Å². The van der Waals surface area contributed by atoms with Gasteiger partial charge in [-0.1, -0.05) is 5.16 Å². The first-order valence-electron chi connectivity index (χ1n) is 10.5. The maximum atomic E-state index is 12.8. The number of nitrogens with zero attached hydrogens (tertiary/aromatic N) is 4. The number of fused-ring (bicyclic) bond motifs is 1. The number of ether oxygens (including phenoxy) is 1. The van der Waals surface area contributed by atoms with E-state index >= 15 is 0 Å². The number of rotatable bonds is 10. The monoisotopic (exact) mass is 546 g/mol. The van der Waals surface area contributed by atoms with Crippen molar-refractivity contribution in [3.05, 3.63) is 62.8 Å². The SMILES string of the molecule is CON=C(C(=O)NC1C(=O)N2C=C(C(=O)OCc3ccc([N+](=O)[O-])cc3)CS[C@H]12)c1csc(NC=O)n1. The molecule has 1 unspecified atom stereocenters. The number of hydrogen-bond donors (Lipinski definition) is 2. The largest absolute Gasteiger partial charge is 0.457 e. The maximum absolute atomic E-state index is 12.8. The number of hydrogen-bond acceptors (Lipinski definition) is 12. The van der Waals surface area contributed by atoms with Gasteiger partial charge in [-0.3, -0.25) is 24.5 Å². The Balaban J connectivity index is 1.35. The van der Waals surface area contributed by atoms with E-state index < -0.39 is 34.1 Å². The van der Waals surface area contributed by atoms with E-state index in [0.717, 1.165) is 11.3 Å². The number of anilines is 1. The number of nitrogens with one attached hydrogen (secondary N) is 2. The number of carbonyl (C=O) groups is 4. The Hall–Kier alpha value is -4.31. The summed E-state index contributed by atoms with van der Waals surface area (Å²) in [4.78, 5) is 68.9. The predicted molar refractivity (Wildman–Crippen MR) is 131 cm³/mol. The van der Waals surface area contributed by atoms with E-state index in [1.54, 1.807) is 0 Å². The molecule has 0 bridgehead atoms. The van der Waals surface area contributed by atoms with Gasteiger partial charge in [0.25, 0.3) is 17.5 Å². The minimum atomic E-state index is -0.861. The maximum Gasteiger partial charge on any atom is 0.336 e. The molecular formula is C21H18N6O8S2. The van der Waals surface area contributed by atoms with Crippen LogP contribution in [0.2, 0.25) is 0 Å². The third kappa shape index (κ3) is 5.59. The van der Waals surface area contributed by atoms with Crippen LogP contribution in [0.5, 0.6) is 0 Å². The fourth-order valence-electron chi connectivity index (χ4n) is 3.39. The predicted octanol–water partition coefficient (Wildman–Crippen LogP) is 0.997. The normalized spacial score (nSPS) is 18.6. The van der Waals surface area contributed by atoms with E-state index in [1.807, 2.05) is 0 Å². The van der Waals surface area contributed by atoms with Gasteiger partial charge in [0.2, 0.25) is 6.41 Å². The fraction of sp³-hybridized carbons (Fsp3) is 0.238. The molecule has 2 aliphatic heterocycles. The van der Waals surface area contributed by atoms with Gasteiger partial charge in [-0.2, -0.15) is 0 Å². The van der Waals surface area contributed by atoms with Crippen molar-refractivity contribution in [3.8, 4) is 0 Å². The third-order valence-corrected chi connectivity index (χ3v) is 7.27. The number of aromatic nitrogens is 1. The molecule has 2 N–H and O–H groups in total. The summed E-state index contributed by atoms with van der Waals surface area (Å²) in [7, 11) is 1.25. The lowest BCUT2D eigenvalue weighted by Crippen LogP contribution is -2.69. The number of esters is 1. The van der Waals surface area contributed by atoms with Crippen molar-refractivity contribution < 1.29 is 33.7 Å². The van der Waals surface area contributed by atoms with Crippen molar-refractivity contribution in [2.24, 2.45) is 5.16 Å². The second kappa shape index (κ2) is 11.2. The van der Waals surface area contributed by atoms with Crippen LogP contribution < -0.4 is 10.6 Å². The quantitative estimate of drug-likeness (QED) is 0.109. The zero-order valence-corrected chi connectivity index (χ0v) is 20.6. The number of carbonyl (C=O) groups excluding carboxylic acids is 4. The molecule has 1 saturated heterocycles. The molecule has 1 fully saturated rings. The van der Waals surface area contributed by atoms with Crippen molar-refractivity contribution in [2.75, 3.05) is 18.2 Å². The smallest absolute Gasteiger partial charge is 0.336 e. The van der Waals surface area contributed by atoms with E-state index in [4.69, 9.17) is 9.57 Å². The van der Waals surface area contributed by atoms with Crippen LogP contribution in [0, 0.1) is 10.1 Å². The topological polar surface area (TPSA) is 182 Å². The first-order chi connectivity index (χ1) is 17.8. The average Bonchev–Trinajstić information content (AvgIpc) is 3.36. The Kier molecular flexibility index (Phi) is 7.78. The lowest BCUT2D eigenvalue weighted by Gasteiger charge is -2.47. The van der Waals surface area contributed by atoms with Crippen LogP contribution in [0.3, 0.4) is 0 Å². The molecule has 0 spiro atoms. The zero-order valence-electron chi connectivity index (χ0n) is 19.0. The van der Waals surface area contributed by atoms with Gasteiger partial charge >= 0.3 is 5.97 Å². The van der Waals surface area contributed by atoms with Crippen LogP contribution in [0.4, 0.5) is 10.8 Å². The van der Waals surface area contributed by atoms with Gasteiger partial charge in [-0.15, -0.1) is 23.1 Å². The first-order valence-corrected chi connectivity index (χ1v) is 12.4. The zero-order chi connectivity index (χ0) is 26.5. The fourth-order valence-corrected chi connectivity index (χ4v) is 5.28. The van der Waals surface area contributed by atoms with Gasteiger partial charge in [0.05, 0.1) is 10.5 Å². The standard InChI is InChI=1S/C21H18N6O8S2/c1-34-25-15(14-9-37-21(23-14)22-10-28)17(29)24-16-18(30)26-6-12(8-36-19(16)26)20(31)35-7-11-2-4-13(5-3-11)27(32)33/h2-6,9-10,16,19H,7-8H2,1H3,(H,24,29)(H,22,23,28)/t16?,19-/m1/s1. The van der Waals surface area contributed by atoms with E-state index in [-0.39, 0.29) is 40.2 Å². The van der Waals surface area contributed by atoms with Crippen molar-refractivity contribution >= 4 is 63.8 Å². The van der Waals surface area contributed by atoms with Gasteiger partial charge in [-0.05, 0) is 17.7 Å². The lowest BCUT2D eigenvalue weighted by atomic mass is 10.1. The second-order valence-corrected chi connectivity index (χ2v) is 9.44. The van der Waals surface area contributed by atoms with Crippen molar-refractivity contribution in [1.82, 2.24) is 15.2 Å². The molecule has 4 rings (SSSR count). The number of oxime groups is 1. The van der Waals surface area contributed by atoms with Gasteiger partial charge < -0.3 is 25.1 Å². The minimum Gasteiger partial charge on any atom is -0.457 e. The molecule has 1 aromatic heterocycles. The Morgan fingerprint density at radius 2 is 2.11 bits per heavy atom. The lowest BCUT2D eigenvalue weighted by molar-refractivity contribution is -0.384. The van der Waals surface area contributed by atoms with Gasteiger partial charge in [0, 0.05) is 29.5 Å². The summed E-state index contributed by atoms with van der Waals surface area (Å²) >= 11 is 2.36. The molecule has 2 aliphatic rings. The Labute approximate surface area is 216 Å². The molecule has 16 heteroatoms. The van der Waals surface area contributed by atoms with E-state index in [0.29, 0.717) is 12.0 Å². The highest BCUT2D eigenvalue weighted by Gasteiger charge is 2.50. The number of β-lactam (4-membered cyclic amide) rings is 1. The molecule has 3 amide bonds. The molecule has 1 aromatic carbocycles. The molecule has 192 valence electrons. The average molecular weight is 547 g/mol. The summed E-state index contributed by atoms with van der Waals surface area (Å²) in [6.07, 6.45) is 1.84. The molecule has 0 radical (unpaired) electrons. The number of thiazole rings is 1. The number of benzene rings is 1. The number of non-ortho nitro benzene ring substituents is 1. The number of thioether (sulfide) groups is 1. The third-order valence-electron chi connectivity index (χ3n) is 5.18. The van der Waals surface area contributed by atoms with Gasteiger partial charge in [0.1, 0.15) is 30.8 Å². The van der Waals surface area contributed by atoms with Crippen LogP contribution in [0.25, 0.3) is 0 Å². The molecule has 37 heavy (non-hydrogen) atoms. The highest BCUT2D eigenvalue weighted by molar-refractivity contribution is 8.00. The number of nitro benzene ring substituents is 1. The number of nitro groups is 1. The Morgan fingerprint density at radius 3 is 2.78 bits per heavy atom. The summed E-state index contributed by atoms with van der Waals surface area (Å²) in [5.41, 5.74) is 0.756. The van der Waals surface area contributed by atoms with Gasteiger partial charge in [0.15, 0.2) is 10.8 Å². The van der Waals surface area contributed by atoms with Crippen LogP contribution in [0.1, 0.15) is 11.3 Å².